The van der Waals surface area contributed by atoms with Crippen molar-refractivity contribution in [2.75, 3.05) is 14.1 Å². The molecule has 0 N–H and O–H groups in total. The summed E-state index contributed by atoms with van der Waals surface area (Å²) in [5.74, 6) is -2.96. The number of imide groups is 2. The van der Waals surface area contributed by atoms with Crippen molar-refractivity contribution in [1.82, 2.24) is 9.80 Å². The molecule has 0 saturated carbocycles. The number of hydrogen-bond acceptors (Lipinski definition) is 4. The number of hydrogen-bond donors (Lipinski definition) is 0. The zero-order valence-electron chi connectivity index (χ0n) is 8.09. The minimum Gasteiger partial charge on any atom is -0.335 e. The first-order chi connectivity index (χ1) is 6.43. The van der Waals surface area contributed by atoms with Gasteiger partial charge in [-0.25, -0.2) is 12.8 Å². The van der Waals surface area contributed by atoms with E-state index in [1.165, 1.54) is 14.1 Å². The second-order valence-electron chi connectivity index (χ2n) is 2.76. The van der Waals surface area contributed by atoms with Crippen LogP contribution in [0.3, 0.4) is 0 Å². The topological polar surface area (TPSA) is 74.8 Å². The maximum atomic E-state index is 11.1. The fourth-order valence-electron chi connectivity index (χ4n) is 0.816. The summed E-state index contributed by atoms with van der Waals surface area (Å²) < 4.78 is 0. The summed E-state index contributed by atoms with van der Waals surface area (Å²) in [5.41, 5.74) is 0. The molecular formula is C8H8N2O4W. The summed E-state index contributed by atoms with van der Waals surface area (Å²) in [4.78, 5) is 45.8. The van der Waals surface area contributed by atoms with E-state index in [0.29, 0.717) is 22.6 Å². The average molecular weight is 380 g/mol. The number of carbonyl (C=O) groups is 4. The van der Waals surface area contributed by atoms with Crippen molar-refractivity contribution >= 4 is 23.6 Å². The zero-order valence-corrected chi connectivity index (χ0v) is 11.0. The Morgan fingerprint density at radius 2 is 0.933 bits per heavy atom. The standard InChI is InChI=1S/C8H8N2O4.W/c1-9-5(11)3-7(13)10(2)8(14)4-6(9)12;/h3-4H,1-2H3;/q-2;+2. The van der Waals surface area contributed by atoms with Crippen LogP contribution in [0, 0.1) is 12.8 Å². The van der Waals surface area contributed by atoms with Gasteiger partial charge in [0.05, 0.1) is 23.6 Å². The first-order valence-electron chi connectivity index (χ1n) is 3.76. The molecule has 1 rings (SSSR count). The van der Waals surface area contributed by atoms with Crippen molar-refractivity contribution in [3.8, 4) is 0 Å². The quantitative estimate of drug-likeness (QED) is 0.374. The molecule has 1 fully saturated rings. The van der Waals surface area contributed by atoms with E-state index in [4.69, 9.17) is 0 Å². The van der Waals surface area contributed by atoms with Gasteiger partial charge in [-0.05, 0) is 0 Å². The Hall–Kier alpha value is -1.29. The number of nitrogens with zero attached hydrogens (tertiary/aromatic N) is 2. The van der Waals surface area contributed by atoms with Crippen LogP contribution >= 0.6 is 0 Å². The van der Waals surface area contributed by atoms with E-state index in [-0.39, 0.29) is 21.1 Å². The van der Waals surface area contributed by atoms with Gasteiger partial charge < -0.3 is 29.0 Å². The molecule has 0 atom stereocenters. The van der Waals surface area contributed by atoms with Crippen molar-refractivity contribution in [2.24, 2.45) is 0 Å². The van der Waals surface area contributed by atoms with Crippen LogP contribution < -0.4 is 0 Å². The van der Waals surface area contributed by atoms with E-state index >= 15 is 0 Å². The second kappa shape index (κ2) is 4.98. The van der Waals surface area contributed by atoms with Gasteiger partial charge in [0.15, 0.2) is 0 Å². The Morgan fingerprint density at radius 3 is 1.13 bits per heavy atom. The molecule has 4 amide bonds. The summed E-state index contributed by atoms with van der Waals surface area (Å²) in [6.45, 7) is 0. The Balaban J connectivity index is 0.00000196. The SMILES string of the molecule is CN1C(=O)[CH-]C(=O)N(C)C(=O)[CH-]C1=O.[W+2]. The first-order valence-corrected chi connectivity index (χ1v) is 3.76. The largest absolute Gasteiger partial charge is 2.00 e. The predicted molar refractivity (Wildman–Crippen MR) is 44.2 cm³/mol. The van der Waals surface area contributed by atoms with Crippen molar-refractivity contribution in [3.63, 3.8) is 0 Å². The van der Waals surface area contributed by atoms with Gasteiger partial charge in [0.25, 0.3) is 0 Å². The van der Waals surface area contributed by atoms with Gasteiger partial charge in [0.1, 0.15) is 0 Å². The van der Waals surface area contributed by atoms with Crippen LogP contribution in [0.15, 0.2) is 0 Å². The number of carbonyl (C=O) groups excluding carboxylic acids is 4. The third-order valence-electron chi connectivity index (χ3n) is 1.82. The van der Waals surface area contributed by atoms with E-state index in [1.54, 1.807) is 0 Å². The molecule has 0 aliphatic carbocycles. The summed E-state index contributed by atoms with van der Waals surface area (Å²) in [6.07, 6.45) is 1.39. The molecule has 7 heteroatoms. The Labute approximate surface area is 101 Å². The minimum absolute atomic E-state index is 0. The Bertz CT molecular complexity index is 269. The predicted octanol–water partition coefficient (Wildman–Crippen LogP) is -1.62. The molecule has 6 nitrogen and oxygen atoms in total. The molecule has 1 saturated heterocycles. The monoisotopic (exact) mass is 380 g/mol. The van der Waals surface area contributed by atoms with Gasteiger partial charge >= 0.3 is 21.1 Å². The van der Waals surface area contributed by atoms with Gasteiger partial charge in [-0.1, -0.05) is 0 Å². The molecule has 15 heavy (non-hydrogen) atoms. The smallest absolute Gasteiger partial charge is 0.335 e. The van der Waals surface area contributed by atoms with Crippen molar-refractivity contribution in [1.29, 1.82) is 0 Å². The molecule has 1 aliphatic heterocycles. The fraction of sp³-hybridized carbons (Fsp3) is 0.250. The molecule has 0 bridgehead atoms. The molecule has 80 valence electrons. The molecule has 0 unspecified atom stereocenters. The third-order valence-corrected chi connectivity index (χ3v) is 1.82. The van der Waals surface area contributed by atoms with Crippen LogP contribution in [-0.4, -0.2) is 47.5 Å². The van der Waals surface area contributed by atoms with E-state index < -0.39 is 23.6 Å². The molecular weight excluding hydrogens is 372 g/mol. The first kappa shape index (κ1) is 13.7. The van der Waals surface area contributed by atoms with E-state index in [9.17, 15) is 19.2 Å². The molecule has 0 aromatic rings. The fourth-order valence-corrected chi connectivity index (χ4v) is 0.816. The molecule has 0 aromatic heterocycles. The summed E-state index contributed by atoms with van der Waals surface area (Å²) >= 11 is 0. The van der Waals surface area contributed by atoms with Crippen molar-refractivity contribution in [3.05, 3.63) is 12.8 Å². The van der Waals surface area contributed by atoms with Crippen LogP contribution in [0.2, 0.25) is 0 Å². The number of rotatable bonds is 0. The summed E-state index contributed by atoms with van der Waals surface area (Å²) in [5, 5.41) is 0. The van der Waals surface area contributed by atoms with Gasteiger partial charge in [0, 0.05) is 14.1 Å². The van der Waals surface area contributed by atoms with Crippen LogP contribution in [0.1, 0.15) is 0 Å². The Kier molecular flexibility index (Phi) is 4.55. The maximum Gasteiger partial charge on any atom is 2.00 e. The summed E-state index contributed by atoms with van der Waals surface area (Å²) in [6, 6.07) is 0. The van der Waals surface area contributed by atoms with E-state index in [2.05, 4.69) is 0 Å². The van der Waals surface area contributed by atoms with Gasteiger partial charge in [-0.15, -0.1) is 0 Å². The molecule has 1 aliphatic rings. The van der Waals surface area contributed by atoms with Crippen LogP contribution in [0.25, 0.3) is 0 Å². The van der Waals surface area contributed by atoms with Crippen LogP contribution in [0.4, 0.5) is 0 Å². The summed E-state index contributed by atoms with van der Waals surface area (Å²) in [7, 11) is 2.40. The van der Waals surface area contributed by atoms with Gasteiger partial charge in [-0.2, -0.15) is 0 Å². The van der Waals surface area contributed by atoms with Crippen LogP contribution in [0.5, 0.6) is 0 Å². The van der Waals surface area contributed by atoms with Crippen molar-refractivity contribution in [2.45, 2.75) is 0 Å². The third kappa shape index (κ3) is 2.83. The average Bonchev–Trinajstić information content (AvgIpc) is 2.13. The second-order valence-corrected chi connectivity index (χ2v) is 2.76. The molecule has 1 heterocycles. The van der Waals surface area contributed by atoms with Crippen molar-refractivity contribution < 1.29 is 40.2 Å². The van der Waals surface area contributed by atoms with Gasteiger partial charge in [0.2, 0.25) is 0 Å². The number of amides is 4. The maximum absolute atomic E-state index is 11.1. The van der Waals surface area contributed by atoms with E-state index in [0.717, 1.165) is 0 Å². The normalized spacial score (nSPS) is 17.5. The molecule has 0 aromatic carbocycles. The van der Waals surface area contributed by atoms with Crippen LogP contribution in [-0.2, 0) is 40.2 Å². The Morgan fingerprint density at radius 1 is 0.733 bits per heavy atom. The molecule has 0 radical (unpaired) electrons. The minimum atomic E-state index is -0.740. The zero-order chi connectivity index (χ0) is 10.9. The van der Waals surface area contributed by atoms with E-state index in [1.807, 2.05) is 0 Å². The van der Waals surface area contributed by atoms with Gasteiger partial charge in [-0.3, -0.25) is 0 Å². The molecule has 0 spiro atoms.